The molecule has 0 aromatic heterocycles. The highest BCUT2D eigenvalue weighted by Crippen LogP contribution is 2.30. The molecule has 0 aliphatic heterocycles. The predicted octanol–water partition coefficient (Wildman–Crippen LogP) is 4.45. The van der Waals surface area contributed by atoms with Crippen LogP contribution in [0.4, 0.5) is 0 Å². The van der Waals surface area contributed by atoms with Crippen LogP contribution in [0.1, 0.15) is 21.5 Å². The van der Waals surface area contributed by atoms with Gasteiger partial charge in [-0.25, -0.2) is 4.79 Å². The molecule has 0 radical (unpaired) electrons. The Bertz CT molecular complexity index is 635. The molecule has 0 amide bonds. The largest absolute Gasteiger partial charge is 0.478 e. The lowest BCUT2D eigenvalue weighted by Gasteiger charge is -2.12. The van der Waals surface area contributed by atoms with E-state index in [2.05, 4.69) is 0 Å². The van der Waals surface area contributed by atoms with Gasteiger partial charge in [0.25, 0.3) is 0 Å². The van der Waals surface area contributed by atoms with Crippen molar-refractivity contribution in [2.45, 2.75) is 13.8 Å². The second-order valence-corrected chi connectivity index (χ2v) is 4.75. The van der Waals surface area contributed by atoms with E-state index >= 15 is 0 Å². The van der Waals surface area contributed by atoms with E-state index < -0.39 is 5.97 Å². The molecule has 0 spiro atoms. The van der Waals surface area contributed by atoms with Crippen LogP contribution in [0, 0.1) is 13.8 Å². The van der Waals surface area contributed by atoms with Gasteiger partial charge in [0, 0.05) is 5.02 Å². The molecule has 2 aromatic rings. The van der Waals surface area contributed by atoms with Gasteiger partial charge < -0.3 is 9.84 Å². The average molecular weight is 277 g/mol. The number of rotatable bonds is 3. The van der Waals surface area contributed by atoms with E-state index in [9.17, 15) is 4.79 Å². The van der Waals surface area contributed by atoms with E-state index in [0.29, 0.717) is 10.8 Å². The first-order valence-electron chi connectivity index (χ1n) is 5.75. The molecule has 0 aliphatic rings. The minimum atomic E-state index is -1.07. The summed E-state index contributed by atoms with van der Waals surface area (Å²) in [5.41, 5.74) is 2.04. The van der Waals surface area contributed by atoms with Crippen LogP contribution >= 0.6 is 11.6 Å². The first kappa shape index (κ1) is 13.4. The zero-order chi connectivity index (χ0) is 14.0. The molecule has 2 rings (SSSR count). The zero-order valence-corrected chi connectivity index (χ0v) is 11.4. The third-order valence-corrected chi connectivity index (χ3v) is 2.97. The molecule has 4 heteroatoms. The van der Waals surface area contributed by atoms with Gasteiger partial charge >= 0.3 is 5.97 Å². The third kappa shape index (κ3) is 3.06. The molecule has 98 valence electrons. The highest BCUT2D eigenvalue weighted by atomic mass is 35.5. The van der Waals surface area contributed by atoms with Crippen molar-refractivity contribution >= 4 is 17.6 Å². The summed E-state index contributed by atoms with van der Waals surface area (Å²) in [4.78, 5) is 11.2. The van der Waals surface area contributed by atoms with Crippen molar-refractivity contribution in [2.75, 3.05) is 0 Å². The van der Waals surface area contributed by atoms with Gasteiger partial charge in [0.2, 0.25) is 0 Å². The van der Waals surface area contributed by atoms with E-state index in [1.165, 1.54) is 6.07 Å². The summed E-state index contributed by atoms with van der Waals surface area (Å²) in [5.74, 6) is -0.141. The molecule has 0 atom stereocenters. The lowest BCUT2D eigenvalue weighted by atomic mass is 10.1. The first-order valence-corrected chi connectivity index (χ1v) is 6.13. The highest BCUT2D eigenvalue weighted by molar-refractivity contribution is 6.31. The maximum Gasteiger partial charge on any atom is 0.339 e. The van der Waals surface area contributed by atoms with Crippen LogP contribution in [-0.2, 0) is 0 Å². The van der Waals surface area contributed by atoms with Gasteiger partial charge in [0.05, 0.1) is 0 Å². The summed E-state index contributed by atoms with van der Waals surface area (Å²) in [6.45, 7) is 3.86. The second-order valence-electron chi connectivity index (χ2n) is 4.32. The molecule has 2 aromatic carbocycles. The van der Waals surface area contributed by atoms with E-state index in [-0.39, 0.29) is 11.3 Å². The molecular formula is C15H13ClO3. The number of hydrogen-bond donors (Lipinski definition) is 1. The van der Waals surface area contributed by atoms with Crippen molar-refractivity contribution in [3.8, 4) is 11.5 Å². The Balaban J connectivity index is 2.43. The Labute approximate surface area is 116 Å². The molecule has 3 nitrogen and oxygen atoms in total. The number of carboxylic acid groups (broad SMARTS) is 1. The van der Waals surface area contributed by atoms with E-state index in [1.54, 1.807) is 12.1 Å². The Morgan fingerprint density at radius 3 is 2.53 bits per heavy atom. The molecule has 0 heterocycles. The quantitative estimate of drug-likeness (QED) is 0.901. The number of hydrogen-bond acceptors (Lipinski definition) is 2. The Hall–Kier alpha value is -2.00. The molecule has 0 unspecified atom stereocenters. The van der Waals surface area contributed by atoms with Crippen LogP contribution in [-0.4, -0.2) is 11.1 Å². The van der Waals surface area contributed by atoms with Crippen LogP contribution in [0.15, 0.2) is 36.4 Å². The molecule has 0 bridgehead atoms. The summed E-state index contributed by atoms with van der Waals surface area (Å²) in [6, 6.07) is 10.3. The fourth-order valence-corrected chi connectivity index (χ4v) is 1.87. The topological polar surface area (TPSA) is 46.5 Å². The average Bonchev–Trinajstić information content (AvgIpc) is 2.35. The lowest BCUT2D eigenvalue weighted by molar-refractivity contribution is 0.0694. The Morgan fingerprint density at radius 1 is 1.11 bits per heavy atom. The highest BCUT2D eigenvalue weighted by Gasteiger charge is 2.13. The minimum Gasteiger partial charge on any atom is -0.478 e. The number of aromatic carboxylic acids is 1. The number of aryl methyl sites for hydroxylation is 2. The number of halogens is 1. The summed E-state index contributed by atoms with van der Waals surface area (Å²) < 4.78 is 5.70. The van der Waals surface area contributed by atoms with Crippen molar-refractivity contribution in [1.29, 1.82) is 0 Å². The monoisotopic (exact) mass is 276 g/mol. The van der Waals surface area contributed by atoms with Crippen molar-refractivity contribution in [3.05, 3.63) is 58.1 Å². The smallest absolute Gasteiger partial charge is 0.339 e. The number of ether oxygens (including phenoxy) is 1. The fraction of sp³-hybridized carbons (Fsp3) is 0.133. The van der Waals surface area contributed by atoms with E-state index in [1.807, 2.05) is 32.0 Å². The van der Waals surface area contributed by atoms with Gasteiger partial charge in [-0.05, 0) is 49.2 Å². The molecule has 0 saturated carbocycles. The molecule has 0 aliphatic carbocycles. The first-order chi connectivity index (χ1) is 8.97. The maximum atomic E-state index is 11.2. The Morgan fingerprint density at radius 2 is 1.84 bits per heavy atom. The lowest BCUT2D eigenvalue weighted by Crippen LogP contribution is -2.00. The van der Waals surface area contributed by atoms with Gasteiger partial charge in [-0.1, -0.05) is 23.7 Å². The number of carbonyl (C=O) groups is 1. The number of benzene rings is 2. The van der Waals surface area contributed by atoms with Crippen LogP contribution in [0.5, 0.6) is 11.5 Å². The summed E-state index contributed by atoms with van der Waals surface area (Å²) >= 11 is 5.80. The van der Waals surface area contributed by atoms with Gasteiger partial charge in [0.15, 0.2) is 0 Å². The number of carboxylic acids is 1. The van der Waals surface area contributed by atoms with E-state index in [4.69, 9.17) is 21.4 Å². The van der Waals surface area contributed by atoms with Gasteiger partial charge in [-0.2, -0.15) is 0 Å². The SMILES string of the molecule is Cc1ccc(C)c(Oc2ccc(Cl)cc2C(=O)O)c1. The molecule has 19 heavy (non-hydrogen) atoms. The fourth-order valence-electron chi connectivity index (χ4n) is 1.69. The van der Waals surface area contributed by atoms with Crippen molar-refractivity contribution < 1.29 is 14.6 Å². The maximum absolute atomic E-state index is 11.2. The normalized spacial score (nSPS) is 10.3. The van der Waals surface area contributed by atoms with Gasteiger partial charge in [0.1, 0.15) is 17.1 Å². The van der Waals surface area contributed by atoms with Crippen LogP contribution in [0.2, 0.25) is 5.02 Å². The standard InChI is InChI=1S/C15H13ClO3/c1-9-3-4-10(2)14(7-9)19-13-6-5-11(16)8-12(13)15(17)18/h3-8H,1-2H3,(H,17,18). The van der Waals surface area contributed by atoms with E-state index in [0.717, 1.165) is 11.1 Å². The molecule has 0 fully saturated rings. The Kier molecular flexibility index (Phi) is 3.76. The van der Waals surface area contributed by atoms with Crippen LogP contribution in [0.3, 0.4) is 0 Å². The van der Waals surface area contributed by atoms with Gasteiger partial charge in [-0.15, -0.1) is 0 Å². The zero-order valence-electron chi connectivity index (χ0n) is 10.6. The predicted molar refractivity (Wildman–Crippen MR) is 74.4 cm³/mol. The summed E-state index contributed by atoms with van der Waals surface area (Å²) in [7, 11) is 0. The third-order valence-electron chi connectivity index (χ3n) is 2.74. The summed E-state index contributed by atoms with van der Waals surface area (Å²) in [5, 5.41) is 9.52. The molecule has 1 N–H and O–H groups in total. The molecular weight excluding hydrogens is 264 g/mol. The van der Waals surface area contributed by atoms with Gasteiger partial charge in [-0.3, -0.25) is 0 Å². The van der Waals surface area contributed by atoms with Crippen molar-refractivity contribution in [1.82, 2.24) is 0 Å². The van der Waals surface area contributed by atoms with Crippen LogP contribution < -0.4 is 4.74 Å². The van der Waals surface area contributed by atoms with Crippen LogP contribution in [0.25, 0.3) is 0 Å². The molecule has 0 saturated heterocycles. The van der Waals surface area contributed by atoms with Crippen molar-refractivity contribution in [2.24, 2.45) is 0 Å². The summed E-state index contributed by atoms with van der Waals surface area (Å²) in [6.07, 6.45) is 0. The minimum absolute atomic E-state index is 0.0495. The second kappa shape index (κ2) is 5.33. The van der Waals surface area contributed by atoms with Crippen molar-refractivity contribution in [3.63, 3.8) is 0 Å².